The van der Waals surface area contributed by atoms with E-state index in [1.807, 2.05) is 11.9 Å². The van der Waals surface area contributed by atoms with Gasteiger partial charge in [-0.25, -0.2) is 0 Å². The molecule has 0 bridgehead atoms. The molecule has 1 aliphatic rings. The fourth-order valence-corrected chi connectivity index (χ4v) is 2.69. The number of thioether (sulfide) groups is 1. The summed E-state index contributed by atoms with van der Waals surface area (Å²) >= 11 is 1.35. The number of likely N-dealkylation sites (tertiary alicyclic amines) is 1. The van der Waals surface area contributed by atoms with Crippen molar-refractivity contribution in [1.29, 1.82) is 5.41 Å². The van der Waals surface area contributed by atoms with Crippen molar-refractivity contribution in [3.05, 3.63) is 0 Å². The predicted molar refractivity (Wildman–Crippen MR) is 55.0 cm³/mol. The number of carbonyl (C=O) groups excluding carboxylic acids is 1. The number of rotatable bonds is 2. The second-order valence-electron chi connectivity index (χ2n) is 3.38. The first-order valence-electron chi connectivity index (χ1n) is 4.22. The first-order chi connectivity index (χ1) is 6.00. The Morgan fingerprint density at radius 2 is 2.31 bits per heavy atom. The van der Waals surface area contributed by atoms with Gasteiger partial charge in [0.2, 0.25) is 0 Å². The van der Waals surface area contributed by atoms with Crippen molar-refractivity contribution < 1.29 is 4.79 Å². The topological polar surface area (TPSA) is 70.2 Å². The maximum Gasteiger partial charge on any atom is 0.186 e. The molecule has 1 heterocycles. The number of amidine groups is 1. The third kappa shape index (κ3) is 2.70. The van der Waals surface area contributed by atoms with Crippen molar-refractivity contribution in [2.24, 2.45) is 5.73 Å². The first kappa shape index (κ1) is 10.5. The molecule has 0 spiro atoms. The molecule has 0 aliphatic carbocycles. The summed E-state index contributed by atoms with van der Waals surface area (Å²) in [6.07, 6.45) is 0.816. The predicted octanol–water partition coefficient (Wildman–Crippen LogP) is 0.275. The van der Waals surface area contributed by atoms with Gasteiger partial charge >= 0.3 is 0 Å². The van der Waals surface area contributed by atoms with E-state index in [-0.39, 0.29) is 17.0 Å². The van der Waals surface area contributed by atoms with Gasteiger partial charge in [0.05, 0.1) is 6.04 Å². The second-order valence-corrected chi connectivity index (χ2v) is 4.86. The molecule has 0 unspecified atom stereocenters. The fourth-order valence-electron chi connectivity index (χ4n) is 1.64. The molecule has 2 atom stereocenters. The largest absolute Gasteiger partial charge is 0.386 e. The quantitative estimate of drug-likeness (QED) is 0.497. The molecule has 3 N–H and O–H groups in total. The molecule has 0 aromatic carbocycles. The van der Waals surface area contributed by atoms with Gasteiger partial charge in [-0.1, -0.05) is 11.8 Å². The van der Waals surface area contributed by atoms with Crippen LogP contribution < -0.4 is 5.73 Å². The lowest BCUT2D eigenvalue weighted by Crippen LogP contribution is -2.37. The minimum absolute atomic E-state index is 0.0249. The molecule has 1 aliphatic heterocycles. The van der Waals surface area contributed by atoms with Crippen LogP contribution in [0.4, 0.5) is 0 Å². The molecule has 5 heteroatoms. The summed E-state index contributed by atoms with van der Waals surface area (Å²) in [6.45, 7) is 2.42. The highest BCUT2D eigenvalue weighted by molar-refractivity contribution is 8.14. The van der Waals surface area contributed by atoms with Crippen LogP contribution in [0.2, 0.25) is 0 Å². The third-order valence-corrected chi connectivity index (χ3v) is 3.21. The van der Waals surface area contributed by atoms with Crippen LogP contribution in [0.25, 0.3) is 0 Å². The van der Waals surface area contributed by atoms with Gasteiger partial charge in [-0.3, -0.25) is 15.1 Å². The number of nitrogens with one attached hydrogen (secondary N) is 1. The minimum Gasteiger partial charge on any atom is -0.386 e. The average molecular weight is 201 g/mol. The number of hydrogen-bond donors (Lipinski definition) is 2. The van der Waals surface area contributed by atoms with Crippen molar-refractivity contribution in [3.63, 3.8) is 0 Å². The Balaban J connectivity index is 2.50. The van der Waals surface area contributed by atoms with Crippen molar-refractivity contribution in [2.45, 2.75) is 24.6 Å². The maximum atomic E-state index is 10.8. The van der Waals surface area contributed by atoms with E-state index < -0.39 is 0 Å². The maximum absolute atomic E-state index is 10.8. The summed E-state index contributed by atoms with van der Waals surface area (Å²) in [6, 6.07) is 0.0249. The average Bonchev–Trinajstić information content (AvgIpc) is 2.29. The summed E-state index contributed by atoms with van der Waals surface area (Å²) in [5.41, 5.74) is 5.43. The highest BCUT2D eigenvalue weighted by Gasteiger charge is 2.32. The van der Waals surface area contributed by atoms with Gasteiger partial charge in [-0.05, 0) is 13.5 Å². The zero-order chi connectivity index (χ0) is 10.0. The van der Waals surface area contributed by atoms with Crippen LogP contribution in [0.5, 0.6) is 0 Å². The highest BCUT2D eigenvalue weighted by Crippen LogP contribution is 2.26. The Hall–Kier alpha value is -0.550. The number of nitrogens with zero attached hydrogens (tertiary/aromatic N) is 1. The summed E-state index contributed by atoms with van der Waals surface area (Å²) < 4.78 is 0. The van der Waals surface area contributed by atoms with Crippen LogP contribution in [0.3, 0.4) is 0 Å². The molecule has 0 aromatic heterocycles. The molecular weight excluding hydrogens is 186 g/mol. The smallest absolute Gasteiger partial charge is 0.186 e. The van der Waals surface area contributed by atoms with Gasteiger partial charge in [0.25, 0.3) is 0 Å². The number of nitrogens with two attached hydrogens (primary N) is 1. The molecule has 0 amide bonds. The summed E-state index contributed by atoms with van der Waals surface area (Å²) in [5.74, 6) is 0.203. The van der Waals surface area contributed by atoms with Crippen LogP contribution in [-0.2, 0) is 4.79 Å². The molecule has 1 saturated heterocycles. The lowest BCUT2D eigenvalue weighted by Gasteiger charge is -2.16. The Morgan fingerprint density at radius 3 is 2.69 bits per heavy atom. The van der Waals surface area contributed by atoms with Crippen LogP contribution in [-0.4, -0.2) is 40.7 Å². The van der Waals surface area contributed by atoms with E-state index in [2.05, 4.69) is 0 Å². The number of hydrogen-bond acceptors (Lipinski definition) is 4. The highest BCUT2D eigenvalue weighted by atomic mass is 32.2. The van der Waals surface area contributed by atoms with Crippen molar-refractivity contribution in [3.8, 4) is 0 Å². The first-order valence-corrected chi connectivity index (χ1v) is 5.10. The Kier molecular flexibility index (Phi) is 3.33. The van der Waals surface area contributed by atoms with E-state index in [1.54, 1.807) is 6.92 Å². The van der Waals surface area contributed by atoms with Crippen molar-refractivity contribution in [1.82, 2.24) is 4.90 Å². The lowest BCUT2D eigenvalue weighted by atomic mass is 10.2. The zero-order valence-electron chi connectivity index (χ0n) is 7.91. The van der Waals surface area contributed by atoms with E-state index in [4.69, 9.17) is 11.1 Å². The van der Waals surface area contributed by atoms with Crippen LogP contribution in [0, 0.1) is 5.41 Å². The molecule has 13 heavy (non-hydrogen) atoms. The summed E-state index contributed by atoms with van der Waals surface area (Å²) in [7, 11) is 1.94. The van der Waals surface area contributed by atoms with E-state index in [1.165, 1.54) is 11.8 Å². The SMILES string of the molecule is CC(=O)S[C@H]1C[C@@H](C(=N)N)N(C)C1. The van der Waals surface area contributed by atoms with Gasteiger partial charge in [-0.15, -0.1) is 0 Å². The molecular formula is C8H15N3OS. The molecule has 0 saturated carbocycles. The lowest BCUT2D eigenvalue weighted by molar-refractivity contribution is -0.109. The van der Waals surface area contributed by atoms with E-state index in [0.29, 0.717) is 5.25 Å². The standard InChI is InChI=1S/C8H15N3OS/c1-5(12)13-6-3-7(8(9)10)11(2)4-6/h6-7H,3-4H2,1-2H3,(H3,9,10)/t6-,7-/m0/s1. The number of carbonyl (C=O) groups is 1. The molecule has 74 valence electrons. The van der Waals surface area contributed by atoms with Crippen LogP contribution in [0.15, 0.2) is 0 Å². The van der Waals surface area contributed by atoms with Gasteiger partial charge in [0, 0.05) is 18.7 Å². The minimum atomic E-state index is 0.0249. The summed E-state index contributed by atoms with van der Waals surface area (Å²) in [5, 5.41) is 7.78. The Morgan fingerprint density at radius 1 is 1.69 bits per heavy atom. The van der Waals surface area contributed by atoms with Gasteiger partial charge in [0.15, 0.2) is 5.12 Å². The second kappa shape index (κ2) is 4.11. The van der Waals surface area contributed by atoms with Gasteiger partial charge < -0.3 is 5.73 Å². The molecule has 1 rings (SSSR count). The normalized spacial score (nSPS) is 29.1. The zero-order valence-corrected chi connectivity index (χ0v) is 8.73. The number of likely N-dealkylation sites (N-methyl/N-ethyl adjacent to an activating group) is 1. The third-order valence-electron chi connectivity index (χ3n) is 2.20. The van der Waals surface area contributed by atoms with Gasteiger partial charge in [0.1, 0.15) is 5.84 Å². The molecule has 0 aromatic rings. The van der Waals surface area contributed by atoms with Crippen LogP contribution in [0.1, 0.15) is 13.3 Å². The van der Waals surface area contributed by atoms with Crippen LogP contribution >= 0.6 is 11.8 Å². The Labute approximate surface area is 82.4 Å². The van der Waals surface area contributed by atoms with E-state index in [0.717, 1.165) is 13.0 Å². The van der Waals surface area contributed by atoms with Crippen molar-refractivity contribution in [2.75, 3.05) is 13.6 Å². The van der Waals surface area contributed by atoms with E-state index in [9.17, 15) is 4.79 Å². The molecule has 4 nitrogen and oxygen atoms in total. The van der Waals surface area contributed by atoms with Crippen molar-refractivity contribution >= 4 is 22.7 Å². The summed E-state index contributed by atoms with van der Waals surface area (Å²) in [4.78, 5) is 12.9. The monoisotopic (exact) mass is 201 g/mol. The molecule has 0 radical (unpaired) electrons. The molecule has 1 fully saturated rings. The van der Waals surface area contributed by atoms with E-state index >= 15 is 0 Å². The Bertz CT molecular complexity index is 231. The van der Waals surface area contributed by atoms with Gasteiger partial charge in [-0.2, -0.15) is 0 Å². The fraction of sp³-hybridized carbons (Fsp3) is 0.750.